The number of benzene rings is 2. The van der Waals surface area contributed by atoms with Crippen LogP contribution in [0.2, 0.25) is 0 Å². The Balaban J connectivity index is 1.43. The van der Waals surface area contributed by atoms with E-state index < -0.39 is 10.8 Å². The van der Waals surface area contributed by atoms with Crippen LogP contribution in [0, 0.1) is 10.1 Å². The molecule has 1 saturated heterocycles. The van der Waals surface area contributed by atoms with Gasteiger partial charge < -0.3 is 0 Å². The zero-order chi connectivity index (χ0) is 21.3. The Hall–Kier alpha value is -3.30. The maximum Gasteiger partial charge on any atom is 0.270 e. The minimum absolute atomic E-state index is 0.107. The predicted octanol–water partition coefficient (Wildman–Crippen LogP) is 1.56. The lowest BCUT2D eigenvalue weighted by atomic mass is 10.2. The smallest absolute Gasteiger partial charge is 0.270 e. The van der Waals surface area contributed by atoms with Gasteiger partial charge in [-0.1, -0.05) is 36.4 Å². The summed E-state index contributed by atoms with van der Waals surface area (Å²) in [6, 6.07) is 15.6. The summed E-state index contributed by atoms with van der Waals surface area (Å²) in [4.78, 5) is 39.0. The van der Waals surface area contributed by atoms with Gasteiger partial charge >= 0.3 is 0 Å². The maximum atomic E-state index is 12.2. The highest BCUT2D eigenvalue weighted by Gasteiger charge is 2.18. The average molecular weight is 411 g/mol. The Bertz CT molecular complexity index is 890. The normalized spacial score (nSPS) is 15.2. The molecule has 1 aliphatic heterocycles. The van der Waals surface area contributed by atoms with E-state index >= 15 is 0 Å². The third-order valence-electron chi connectivity index (χ3n) is 4.93. The van der Waals surface area contributed by atoms with Gasteiger partial charge in [0, 0.05) is 37.3 Å². The van der Waals surface area contributed by atoms with Gasteiger partial charge in [-0.25, -0.2) is 0 Å². The maximum absolute atomic E-state index is 12.2. The molecule has 158 valence electrons. The van der Waals surface area contributed by atoms with E-state index in [1.54, 1.807) is 0 Å². The molecule has 2 aromatic rings. The largest absolute Gasteiger partial charge is 0.298 e. The van der Waals surface area contributed by atoms with Gasteiger partial charge in [0.1, 0.15) is 0 Å². The number of nitro benzene ring substituents is 1. The Labute approximate surface area is 174 Å². The van der Waals surface area contributed by atoms with Crippen LogP contribution in [0.25, 0.3) is 0 Å². The lowest BCUT2D eigenvalue weighted by molar-refractivity contribution is -0.384. The zero-order valence-electron chi connectivity index (χ0n) is 16.6. The molecule has 0 bridgehead atoms. The molecule has 9 nitrogen and oxygen atoms in total. The number of nitro groups is 1. The molecule has 0 aromatic heterocycles. The van der Waals surface area contributed by atoms with Crippen LogP contribution in [0.4, 0.5) is 5.69 Å². The van der Waals surface area contributed by atoms with Crippen LogP contribution < -0.4 is 10.9 Å². The van der Waals surface area contributed by atoms with Crippen molar-refractivity contribution in [1.82, 2.24) is 20.7 Å². The summed E-state index contributed by atoms with van der Waals surface area (Å²) in [7, 11) is 0. The molecule has 2 N–H and O–H groups in total. The van der Waals surface area contributed by atoms with Crippen LogP contribution in [0.1, 0.15) is 22.3 Å². The van der Waals surface area contributed by atoms with E-state index in [1.165, 1.54) is 23.8 Å². The number of nitrogens with zero attached hydrogens (tertiary/aromatic N) is 3. The lowest BCUT2D eigenvalue weighted by Gasteiger charge is -2.21. The highest BCUT2D eigenvalue weighted by molar-refractivity contribution is 5.96. The van der Waals surface area contributed by atoms with Crippen LogP contribution in [0.5, 0.6) is 0 Å². The van der Waals surface area contributed by atoms with Crippen molar-refractivity contribution in [3.63, 3.8) is 0 Å². The number of carbonyl (C=O) groups is 2. The fourth-order valence-electron chi connectivity index (χ4n) is 3.38. The van der Waals surface area contributed by atoms with Crippen LogP contribution in [0.15, 0.2) is 54.6 Å². The summed E-state index contributed by atoms with van der Waals surface area (Å²) in [6.07, 6.45) is 0.958. The van der Waals surface area contributed by atoms with E-state index in [0.717, 1.165) is 45.2 Å². The van der Waals surface area contributed by atoms with Gasteiger partial charge in [0.05, 0.1) is 11.5 Å². The second kappa shape index (κ2) is 10.5. The number of hydrogen-bond donors (Lipinski definition) is 2. The van der Waals surface area contributed by atoms with Gasteiger partial charge in [0.15, 0.2) is 0 Å². The number of amides is 2. The topological polar surface area (TPSA) is 108 Å². The van der Waals surface area contributed by atoms with Crippen LogP contribution >= 0.6 is 0 Å². The number of non-ortho nitro benzene ring substituents is 1. The minimum atomic E-state index is -0.600. The second-order valence-electron chi connectivity index (χ2n) is 7.20. The number of nitrogens with one attached hydrogen (secondary N) is 2. The molecule has 2 aromatic carbocycles. The SMILES string of the molecule is O=C(CN1CCCN(Cc2ccccc2)CC1)NNC(=O)c1cccc([N+](=O)[O-])c1. The molecule has 0 unspecified atom stereocenters. The monoisotopic (exact) mass is 411 g/mol. The first-order valence-corrected chi connectivity index (χ1v) is 9.83. The Morgan fingerprint density at radius 3 is 2.43 bits per heavy atom. The summed E-state index contributed by atoms with van der Waals surface area (Å²) < 4.78 is 0. The molecular formula is C21H25N5O4. The van der Waals surface area contributed by atoms with E-state index in [2.05, 4.69) is 32.8 Å². The molecule has 0 atom stereocenters. The highest BCUT2D eigenvalue weighted by Crippen LogP contribution is 2.12. The third-order valence-corrected chi connectivity index (χ3v) is 4.93. The van der Waals surface area contributed by atoms with Gasteiger partial charge in [0.2, 0.25) is 0 Å². The molecule has 1 heterocycles. The molecule has 1 aliphatic rings. The van der Waals surface area contributed by atoms with Crippen molar-refractivity contribution >= 4 is 17.5 Å². The van der Waals surface area contributed by atoms with Crippen molar-refractivity contribution in [2.75, 3.05) is 32.7 Å². The molecule has 0 radical (unpaired) electrons. The van der Waals surface area contributed by atoms with Crippen LogP contribution in [0.3, 0.4) is 0 Å². The Morgan fingerprint density at radius 1 is 0.933 bits per heavy atom. The van der Waals surface area contributed by atoms with E-state index in [1.807, 2.05) is 18.2 Å². The van der Waals surface area contributed by atoms with E-state index in [-0.39, 0.29) is 23.7 Å². The van der Waals surface area contributed by atoms with Crippen LogP contribution in [-0.4, -0.2) is 59.3 Å². The van der Waals surface area contributed by atoms with Crippen molar-refractivity contribution < 1.29 is 14.5 Å². The molecule has 0 spiro atoms. The molecule has 30 heavy (non-hydrogen) atoms. The standard InChI is InChI=1S/C21H25N5O4/c27-20(22-23-21(28)18-8-4-9-19(14-18)26(29)30)16-25-11-5-10-24(12-13-25)15-17-6-2-1-3-7-17/h1-4,6-9,14H,5,10-13,15-16H2,(H,22,27)(H,23,28). The quantitative estimate of drug-likeness (QED) is 0.552. The molecule has 3 rings (SSSR count). The number of hydrazine groups is 1. The first-order chi connectivity index (χ1) is 14.5. The molecule has 0 saturated carbocycles. The first-order valence-electron chi connectivity index (χ1n) is 9.83. The van der Waals surface area contributed by atoms with Gasteiger partial charge in [-0.15, -0.1) is 0 Å². The summed E-state index contributed by atoms with van der Waals surface area (Å²) in [5.41, 5.74) is 5.89. The summed E-state index contributed by atoms with van der Waals surface area (Å²) in [5.74, 6) is -0.928. The Morgan fingerprint density at radius 2 is 1.67 bits per heavy atom. The van der Waals surface area contributed by atoms with Crippen molar-refractivity contribution in [3.8, 4) is 0 Å². The van der Waals surface area contributed by atoms with Crippen LogP contribution in [-0.2, 0) is 11.3 Å². The van der Waals surface area contributed by atoms with Gasteiger partial charge in [-0.2, -0.15) is 0 Å². The minimum Gasteiger partial charge on any atom is -0.298 e. The molecular weight excluding hydrogens is 386 g/mol. The Kier molecular flexibility index (Phi) is 7.47. The third kappa shape index (κ3) is 6.36. The summed E-state index contributed by atoms with van der Waals surface area (Å²) in [6.45, 7) is 4.46. The molecule has 9 heteroatoms. The van der Waals surface area contributed by atoms with Gasteiger partial charge in [-0.05, 0) is 31.1 Å². The molecule has 0 aliphatic carbocycles. The van der Waals surface area contributed by atoms with E-state index in [4.69, 9.17) is 0 Å². The van der Waals surface area contributed by atoms with Crippen molar-refractivity contribution in [1.29, 1.82) is 0 Å². The number of hydrogen-bond acceptors (Lipinski definition) is 6. The van der Waals surface area contributed by atoms with Gasteiger partial charge in [-0.3, -0.25) is 40.4 Å². The van der Waals surface area contributed by atoms with Gasteiger partial charge in [0.25, 0.3) is 17.5 Å². The summed E-state index contributed by atoms with van der Waals surface area (Å²) >= 11 is 0. The first kappa shape index (κ1) is 21.4. The average Bonchev–Trinajstić information content (AvgIpc) is 2.98. The summed E-state index contributed by atoms with van der Waals surface area (Å²) in [5, 5.41) is 10.8. The number of rotatable bonds is 6. The second-order valence-corrected chi connectivity index (χ2v) is 7.20. The lowest BCUT2D eigenvalue weighted by Crippen LogP contribution is -2.47. The highest BCUT2D eigenvalue weighted by atomic mass is 16.6. The van der Waals surface area contributed by atoms with E-state index in [0.29, 0.717) is 0 Å². The van der Waals surface area contributed by atoms with E-state index in [9.17, 15) is 19.7 Å². The fraction of sp³-hybridized carbons (Fsp3) is 0.333. The molecule has 1 fully saturated rings. The van der Waals surface area contributed by atoms with Crippen molar-refractivity contribution in [2.24, 2.45) is 0 Å². The number of carbonyl (C=O) groups excluding carboxylic acids is 2. The predicted molar refractivity (Wildman–Crippen MR) is 111 cm³/mol. The van der Waals surface area contributed by atoms with Crippen molar-refractivity contribution in [3.05, 3.63) is 75.8 Å². The fourth-order valence-corrected chi connectivity index (χ4v) is 3.38. The molecule has 2 amide bonds. The zero-order valence-corrected chi connectivity index (χ0v) is 16.6. The van der Waals surface area contributed by atoms with Crippen molar-refractivity contribution in [2.45, 2.75) is 13.0 Å².